The molecule has 0 bridgehead atoms. The van der Waals surface area contributed by atoms with Crippen molar-refractivity contribution in [2.45, 2.75) is 19.2 Å². The fourth-order valence-corrected chi connectivity index (χ4v) is 4.25. The standard InChI is InChI=1S/C24H28F3N3O2/c1-18-5-7-19(8-6-18)23(31)30-13-14-32-22(17-30)16-28-9-11-29(12-10-28)21-4-2-3-20(15-21)24(25,26)27/h2-8,15,22H,9-14,16-17H2,1H3/t22-/m0/s1. The van der Waals surface area contributed by atoms with Gasteiger partial charge in [0.05, 0.1) is 18.3 Å². The van der Waals surface area contributed by atoms with Gasteiger partial charge in [0.1, 0.15) is 0 Å². The number of anilines is 1. The van der Waals surface area contributed by atoms with E-state index in [2.05, 4.69) is 4.90 Å². The molecular weight excluding hydrogens is 419 g/mol. The molecule has 2 aliphatic heterocycles. The van der Waals surface area contributed by atoms with Gasteiger partial charge in [-0.2, -0.15) is 13.2 Å². The summed E-state index contributed by atoms with van der Waals surface area (Å²) in [6, 6.07) is 13.1. The van der Waals surface area contributed by atoms with Crippen LogP contribution in [0.1, 0.15) is 21.5 Å². The summed E-state index contributed by atoms with van der Waals surface area (Å²) in [7, 11) is 0. The molecule has 2 heterocycles. The quantitative estimate of drug-likeness (QED) is 0.717. The van der Waals surface area contributed by atoms with Crippen LogP contribution in [0.2, 0.25) is 0 Å². The highest BCUT2D eigenvalue weighted by Gasteiger charge is 2.31. The third-order valence-electron chi connectivity index (χ3n) is 6.10. The Balaban J connectivity index is 1.29. The fraction of sp³-hybridized carbons (Fsp3) is 0.458. The molecule has 0 aliphatic carbocycles. The number of hydrogen-bond donors (Lipinski definition) is 0. The van der Waals surface area contributed by atoms with Gasteiger partial charge in [0.2, 0.25) is 0 Å². The van der Waals surface area contributed by atoms with Gasteiger partial charge in [0, 0.05) is 57.1 Å². The van der Waals surface area contributed by atoms with Gasteiger partial charge >= 0.3 is 6.18 Å². The smallest absolute Gasteiger partial charge is 0.373 e. The van der Waals surface area contributed by atoms with Crippen LogP contribution < -0.4 is 4.90 Å². The molecular formula is C24H28F3N3O2. The lowest BCUT2D eigenvalue weighted by Gasteiger charge is -2.40. The van der Waals surface area contributed by atoms with Crippen LogP contribution in [0.3, 0.4) is 0 Å². The predicted molar refractivity (Wildman–Crippen MR) is 117 cm³/mol. The van der Waals surface area contributed by atoms with Gasteiger partial charge in [-0.25, -0.2) is 0 Å². The first-order chi connectivity index (χ1) is 15.3. The number of piperazine rings is 1. The number of morpholine rings is 1. The maximum absolute atomic E-state index is 13.0. The molecule has 0 saturated carbocycles. The minimum Gasteiger partial charge on any atom is -0.373 e. The maximum Gasteiger partial charge on any atom is 0.416 e. The number of aryl methyl sites for hydroxylation is 1. The fourth-order valence-electron chi connectivity index (χ4n) is 4.25. The molecule has 8 heteroatoms. The number of carbonyl (C=O) groups is 1. The van der Waals surface area contributed by atoms with Crippen LogP contribution in [0, 0.1) is 6.92 Å². The Bertz CT molecular complexity index is 925. The summed E-state index contributed by atoms with van der Waals surface area (Å²) in [6.07, 6.45) is -4.41. The predicted octanol–water partition coefficient (Wildman–Crippen LogP) is 3.68. The van der Waals surface area contributed by atoms with E-state index in [1.807, 2.05) is 41.0 Å². The Labute approximate surface area is 186 Å². The van der Waals surface area contributed by atoms with Gasteiger partial charge in [-0.3, -0.25) is 9.69 Å². The van der Waals surface area contributed by atoms with Gasteiger partial charge in [-0.05, 0) is 37.3 Å². The topological polar surface area (TPSA) is 36.0 Å². The molecule has 2 aliphatic rings. The molecule has 2 aromatic rings. The summed E-state index contributed by atoms with van der Waals surface area (Å²) in [5.74, 6) is 0.0210. The summed E-state index contributed by atoms with van der Waals surface area (Å²) in [4.78, 5) is 18.9. The van der Waals surface area contributed by atoms with Gasteiger partial charge in [-0.1, -0.05) is 23.8 Å². The molecule has 2 aromatic carbocycles. The summed E-state index contributed by atoms with van der Waals surface area (Å²) in [6.45, 7) is 7.10. The van der Waals surface area contributed by atoms with E-state index in [-0.39, 0.29) is 12.0 Å². The van der Waals surface area contributed by atoms with E-state index in [0.717, 1.165) is 24.7 Å². The monoisotopic (exact) mass is 447 g/mol. The summed E-state index contributed by atoms with van der Waals surface area (Å²) < 4.78 is 44.9. The van der Waals surface area contributed by atoms with Crippen LogP contribution in [-0.2, 0) is 10.9 Å². The number of carbonyl (C=O) groups excluding carboxylic acids is 1. The van der Waals surface area contributed by atoms with Crippen molar-refractivity contribution in [3.63, 3.8) is 0 Å². The summed E-state index contributed by atoms with van der Waals surface area (Å²) in [5.41, 5.74) is 1.78. The largest absolute Gasteiger partial charge is 0.416 e. The van der Waals surface area contributed by atoms with Crippen molar-refractivity contribution in [2.75, 3.05) is 57.3 Å². The highest BCUT2D eigenvalue weighted by Crippen LogP contribution is 2.32. The number of ether oxygens (including phenoxy) is 1. The lowest BCUT2D eigenvalue weighted by Crippen LogP contribution is -2.53. The number of nitrogens with zero attached hydrogens (tertiary/aromatic N) is 3. The van der Waals surface area contributed by atoms with Gasteiger partial charge in [-0.15, -0.1) is 0 Å². The Morgan fingerprint density at radius 2 is 1.75 bits per heavy atom. The maximum atomic E-state index is 13.0. The Morgan fingerprint density at radius 3 is 2.44 bits per heavy atom. The van der Waals surface area contributed by atoms with E-state index < -0.39 is 11.7 Å². The van der Waals surface area contributed by atoms with Crippen LogP contribution in [-0.4, -0.2) is 74.2 Å². The van der Waals surface area contributed by atoms with Gasteiger partial charge in [0.25, 0.3) is 5.91 Å². The van der Waals surface area contributed by atoms with E-state index in [4.69, 9.17) is 4.74 Å². The molecule has 1 amide bonds. The van der Waals surface area contributed by atoms with Crippen molar-refractivity contribution in [2.24, 2.45) is 0 Å². The number of halogens is 3. The second-order valence-corrected chi connectivity index (χ2v) is 8.45. The zero-order valence-electron chi connectivity index (χ0n) is 18.1. The second kappa shape index (κ2) is 9.50. The SMILES string of the molecule is Cc1ccc(C(=O)N2CCO[C@@H](CN3CCN(c4cccc(C(F)(F)F)c4)CC3)C2)cc1. The third kappa shape index (κ3) is 5.42. The number of benzene rings is 2. The van der Waals surface area contributed by atoms with E-state index in [1.54, 1.807) is 6.07 Å². The molecule has 4 rings (SSSR count). The van der Waals surface area contributed by atoms with Gasteiger partial charge < -0.3 is 14.5 Å². The highest BCUT2D eigenvalue weighted by molar-refractivity contribution is 5.94. The number of alkyl halides is 3. The lowest BCUT2D eigenvalue weighted by atomic mass is 10.1. The first-order valence-corrected chi connectivity index (χ1v) is 10.9. The minimum atomic E-state index is -4.34. The average molecular weight is 448 g/mol. The van der Waals surface area contributed by atoms with Crippen molar-refractivity contribution >= 4 is 11.6 Å². The zero-order chi connectivity index (χ0) is 22.7. The molecule has 32 heavy (non-hydrogen) atoms. The molecule has 5 nitrogen and oxygen atoms in total. The Hall–Kier alpha value is -2.58. The van der Waals surface area contributed by atoms with Crippen LogP contribution in [0.4, 0.5) is 18.9 Å². The number of hydrogen-bond acceptors (Lipinski definition) is 4. The Morgan fingerprint density at radius 1 is 1.03 bits per heavy atom. The highest BCUT2D eigenvalue weighted by atomic mass is 19.4. The van der Waals surface area contributed by atoms with E-state index in [0.29, 0.717) is 50.6 Å². The first-order valence-electron chi connectivity index (χ1n) is 10.9. The van der Waals surface area contributed by atoms with Crippen molar-refractivity contribution in [3.8, 4) is 0 Å². The van der Waals surface area contributed by atoms with Crippen molar-refractivity contribution in [3.05, 3.63) is 65.2 Å². The normalized spacial score (nSPS) is 20.4. The number of rotatable bonds is 4. The Kier molecular flexibility index (Phi) is 6.71. The molecule has 0 spiro atoms. The van der Waals surface area contributed by atoms with Crippen LogP contribution in [0.25, 0.3) is 0 Å². The van der Waals surface area contributed by atoms with E-state index >= 15 is 0 Å². The molecule has 0 radical (unpaired) electrons. The molecule has 2 saturated heterocycles. The van der Waals surface area contributed by atoms with Crippen LogP contribution in [0.15, 0.2) is 48.5 Å². The third-order valence-corrected chi connectivity index (χ3v) is 6.10. The van der Waals surface area contributed by atoms with E-state index in [1.165, 1.54) is 12.1 Å². The number of amides is 1. The van der Waals surface area contributed by atoms with E-state index in [9.17, 15) is 18.0 Å². The van der Waals surface area contributed by atoms with Crippen LogP contribution in [0.5, 0.6) is 0 Å². The van der Waals surface area contributed by atoms with Crippen LogP contribution >= 0.6 is 0 Å². The molecule has 0 unspecified atom stereocenters. The van der Waals surface area contributed by atoms with Gasteiger partial charge in [0.15, 0.2) is 0 Å². The minimum absolute atomic E-state index is 0.0210. The summed E-state index contributed by atoms with van der Waals surface area (Å²) in [5, 5.41) is 0. The summed E-state index contributed by atoms with van der Waals surface area (Å²) >= 11 is 0. The van der Waals surface area contributed by atoms with Crippen molar-refractivity contribution < 1.29 is 22.7 Å². The molecule has 172 valence electrons. The first kappa shape index (κ1) is 22.6. The molecule has 0 aromatic heterocycles. The van der Waals surface area contributed by atoms with Crippen molar-refractivity contribution in [1.82, 2.24) is 9.80 Å². The molecule has 2 fully saturated rings. The van der Waals surface area contributed by atoms with Crippen molar-refractivity contribution in [1.29, 1.82) is 0 Å². The average Bonchev–Trinajstić information content (AvgIpc) is 2.79. The molecule has 1 atom stereocenters. The second-order valence-electron chi connectivity index (χ2n) is 8.45. The lowest BCUT2D eigenvalue weighted by molar-refractivity contribution is -0.137. The zero-order valence-corrected chi connectivity index (χ0v) is 18.1. The molecule has 0 N–H and O–H groups in total.